The average Bonchev–Trinajstić information content (AvgIpc) is 3.85. The van der Waals surface area contributed by atoms with E-state index in [9.17, 15) is 0 Å². The van der Waals surface area contributed by atoms with Crippen LogP contribution in [0.2, 0.25) is 0 Å². The third kappa shape index (κ3) is 6.42. The van der Waals surface area contributed by atoms with Crippen LogP contribution in [-0.2, 0) is 5.41 Å². The molecule has 2 heterocycles. The number of benzene rings is 9. The number of hydrogen-bond donors (Lipinski definition) is 0. The molecule has 12 rings (SSSR count). The van der Waals surface area contributed by atoms with Gasteiger partial charge in [-0.05, 0) is 103 Å². The van der Waals surface area contributed by atoms with E-state index in [2.05, 4.69) is 214 Å². The van der Waals surface area contributed by atoms with Gasteiger partial charge in [0.25, 0.3) is 0 Å². The first-order valence-corrected chi connectivity index (χ1v) is 21.8. The first-order chi connectivity index (χ1) is 31.4. The molecule has 64 heavy (non-hydrogen) atoms. The van der Waals surface area contributed by atoms with Crippen molar-refractivity contribution in [2.45, 2.75) is 19.3 Å². The Morgan fingerprint density at radius 2 is 0.781 bits per heavy atom. The summed E-state index contributed by atoms with van der Waals surface area (Å²) < 4.78 is 6.64. The molecule has 9 aromatic carbocycles. The normalized spacial score (nSPS) is 12.7. The van der Waals surface area contributed by atoms with Gasteiger partial charge in [-0.2, -0.15) is 0 Å². The maximum atomic E-state index is 6.64. The summed E-state index contributed by atoms with van der Waals surface area (Å²) in [6.07, 6.45) is 0. The summed E-state index contributed by atoms with van der Waals surface area (Å²) in [5.41, 5.74) is 18.7. The lowest BCUT2D eigenvalue weighted by atomic mass is 9.82. The summed E-state index contributed by atoms with van der Waals surface area (Å²) in [4.78, 5) is 15.5. The number of fused-ring (bicyclic) bond motifs is 6. The van der Waals surface area contributed by atoms with Gasteiger partial charge < -0.3 is 4.42 Å². The van der Waals surface area contributed by atoms with E-state index in [0.717, 1.165) is 72.0 Å². The van der Waals surface area contributed by atoms with E-state index in [1.54, 1.807) is 0 Å². The first-order valence-electron chi connectivity index (χ1n) is 21.8. The van der Waals surface area contributed by atoms with Crippen molar-refractivity contribution in [3.8, 4) is 89.8 Å². The predicted molar refractivity (Wildman–Crippen MR) is 263 cm³/mol. The fraction of sp³-hybridized carbons (Fsp3) is 0.0500. The summed E-state index contributed by atoms with van der Waals surface area (Å²) in [6.45, 7) is 4.64. The van der Waals surface area contributed by atoms with Crippen molar-refractivity contribution in [3.63, 3.8) is 0 Å². The molecule has 0 radical (unpaired) electrons. The molecular formula is C60H41N3O. The van der Waals surface area contributed by atoms with E-state index in [1.807, 2.05) is 12.1 Å². The van der Waals surface area contributed by atoms with Crippen molar-refractivity contribution in [1.82, 2.24) is 15.0 Å². The smallest absolute Gasteiger partial charge is 0.164 e. The molecule has 11 aromatic rings. The molecule has 4 heteroatoms. The lowest BCUT2D eigenvalue weighted by Crippen LogP contribution is -2.14. The standard InChI is InChI=1S/C60H41N3O/c1-60(2)52-24-10-9-22-49(52)51-36-44(31-33-53(51)60)43-19-12-21-46(35-43)58-61-57(41-28-26-40(27-29-41)38-14-5-3-6-15-38)62-59(63-58)47-30-32-50-55(37-47)64-54-25-13-23-48(56(50)54)45-20-11-18-42(34-45)39-16-7-4-8-17-39/h3-37H,1-2H3. The highest BCUT2D eigenvalue weighted by molar-refractivity contribution is 6.13. The van der Waals surface area contributed by atoms with Crippen LogP contribution < -0.4 is 0 Å². The molecule has 0 bridgehead atoms. The number of aromatic nitrogens is 3. The molecule has 0 saturated carbocycles. The zero-order valence-electron chi connectivity index (χ0n) is 35.5. The summed E-state index contributed by atoms with van der Waals surface area (Å²) in [5.74, 6) is 1.78. The Kier molecular flexibility index (Phi) is 8.80. The molecule has 302 valence electrons. The Labute approximate surface area is 372 Å². The molecule has 0 aliphatic heterocycles. The van der Waals surface area contributed by atoms with Crippen LogP contribution in [0, 0.1) is 0 Å². The molecule has 0 saturated heterocycles. The fourth-order valence-electron chi connectivity index (χ4n) is 9.65. The Bertz CT molecular complexity index is 3570. The van der Waals surface area contributed by atoms with Crippen LogP contribution in [0.1, 0.15) is 25.0 Å². The molecular weight excluding hydrogens is 779 g/mol. The van der Waals surface area contributed by atoms with Crippen LogP contribution in [0.5, 0.6) is 0 Å². The SMILES string of the molecule is CC1(C)c2ccccc2-c2cc(-c3cccc(-c4nc(-c5ccc(-c6ccccc6)cc5)nc(-c5ccc6c(c5)oc5cccc(-c7cccc(-c8ccccc8)c7)c56)n4)c3)ccc21. The summed E-state index contributed by atoms with van der Waals surface area (Å²) in [5, 5.41) is 2.12. The highest BCUT2D eigenvalue weighted by Gasteiger charge is 2.35. The predicted octanol–water partition coefficient (Wildman–Crippen LogP) is 15.7. The third-order valence-corrected chi connectivity index (χ3v) is 13.0. The maximum Gasteiger partial charge on any atom is 0.164 e. The van der Waals surface area contributed by atoms with E-state index in [1.165, 1.54) is 33.4 Å². The zero-order chi connectivity index (χ0) is 42.8. The lowest BCUT2D eigenvalue weighted by Gasteiger charge is -2.21. The highest BCUT2D eigenvalue weighted by atomic mass is 16.3. The van der Waals surface area contributed by atoms with Gasteiger partial charge in [-0.25, -0.2) is 15.0 Å². The Morgan fingerprint density at radius 3 is 1.53 bits per heavy atom. The van der Waals surface area contributed by atoms with Crippen LogP contribution in [0.15, 0.2) is 217 Å². The van der Waals surface area contributed by atoms with Gasteiger partial charge >= 0.3 is 0 Å². The summed E-state index contributed by atoms with van der Waals surface area (Å²) >= 11 is 0. The van der Waals surface area contributed by atoms with Gasteiger partial charge in [0.05, 0.1) is 0 Å². The maximum absolute atomic E-state index is 6.64. The minimum atomic E-state index is -0.0502. The van der Waals surface area contributed by atoms with Crippen LogP contribution in [0.3, 0.4) is 0 Å². The van der Waals surface area contributed by atoms with E-state index in [-0.39, 0.29) is 5.41 Å². The van der Waals surface area contributed by atoms with Gasteiger partial charge in [-0.1, -0.05) is 190 Å². The van der Waals surface area contributed by atoms with E-state index < -0.39 is 0 Å². The van der Waals surface area contributed by atoms with Crippen LogP contribution >= 0.6 is 0 Å². The van der Waals surface area contributed by atoms with Crippen LogP contribution in [0.4, 0.5) is 0 Å². The van der Waals surface area contributed by atoms with Crippen LogP contribution in [0.25, 0.3) is 112 Å². The number of furan rings is 1. The van der Waals surface area contributed by atoms with Crippen molar-refractivity contribution in [2.24, 2.45) is 0 Å². The molecule has 0 N–H and O–H groups in total. The largest absolute Gasteiger partial charge is 0.456 e. The van der Waals surface area contributed by atoms with Gasteiger partial charge in [0.15, 0.2) is 17.5 Å². The third-order valence-electron chi connectivity index (χ3n) is 13.0. The summed E-state index contributed by atoms with van der Waals surface area (Å²) in [7, 11) is 0. The minimum Gasteiger partial charge on any atom is -0.456 e. The molecule has 0 fully saturated rings. The van der Waals surface area contributed by atoms with Gasteiger partial charge in [0.2, 0.25) is 0 Å². The lowest BCUT2D eigenvalue weighted by molar-refractivity contribution is 0.660. The van der Waals surface area contributed by atoms with Gasteiger partial charge in [0, 0.05) is 32.9 Å². The van der Waals surface area contributed by atoms with Crippen molar-refractivity contribution < 1.29 is 4.42 Å². The number of nitrogens with zero attached hydrogens (tertiary/aromatic N) is 3. The van der Waals surface area contributed by atoms with Gasteiger partial charge in [0.1, 0.15) is 11.2 Å². The van der Waals surface area contributed by atoms with Crippen LogP contribution in [-0.4, -0.2) is 15.0 Å². The van der Waals surface area contributed by atoms with Gasteiger partial charge in [-0.3, -0.25) is 0 Å². The second-order valence-corrected chi connectivity index (χ2v) is 17.2. The molecule has 0 unspecified atom stereocenters. The second kappa shape index (κ2) is 15.0. The molecule has 1 aliphatic carbocycles. The fourth-order valence-corrected chi connectivity index (χ4v) is 9.65. The van der Waals surface area contributed by atoms with E-state index >= 15 is 0 Å². The van der Waals surface area contributed by atoms with Crippen molar-refractivity contribution in [2.75, 3.05) is 0 Å². The minimum absolute atomic E-state index is 0.0502. The van der Waals surface area contributed by atoms with E-state index in [0.29, 0.717) is 17.5 Å². The van der Waals surface area contributed by atoms with Crippen molar-refractivity contribution in [1.29, 1.82) is 0 Å². The van der Waals surface area contributed by atoms with Crippen molar-refractivity contribution in [3.05, 3.63) is 223 Å². The Balaban J connectivity index is 0.967. The molecule has 2 aromatic heterocycles. The first kappa shape index (κ1) is 37.5. The topological polar surface area (TPSA) is 51.8 Å². The van der Waals surface area contributed by atoms with E-state index in [4.69, 9.17) is 19.4 Å². The monoisotopic (exact) mass is 819 g/mol. The number of rotatable bonds is 7. The summed E-state index contributed by atoms with van der Waals surface area (Å²) in [6, 6.07) is 75.0. The molecule has 0 spiro atoms. The zero-order valence-corrected chi connectivity index (χ0v) is 35.5. The average molecular weight is 820 g/mol. The Morgan fingerprint density at radius 1 is 0.312 bits per heavy atom. The van der Waals surface area contributed by atoms with Crippen molar-refractivity contribution >= 4 is 21.9 Å². The quantitative estimate of drug-likeness (QED) is 0.161. The highest BCUT2D eigenvalue weighted by Crippen LogP contribution is 2.49. The molecule has 1 aliphatic rings. The second-order valence-electron chi connectivity index (χ2n) is 17.2. The molecule has 4 nitrogen and oxygen atoms in total. The molecule has 0 atom stereocenters. The number of hydrogen-bond acceptors (Lipinski definition) is 4. The Hall–Kier alpha value is -8.21. The van der Waals surface area contributed by atoms with Gasteiger partial charge in [-0.15, -0.1) is 0 Å². The molecule has 0 amide bonds.